The van der Waals surface area contributed by atoms with Crippen molar-refractivity contribution in [1.82, 2.24) is 4.90 Å². The Labute approximate surface area is 119 Å². The Hall–Kier alpha value is -0.630. The van der Waals surface area contributed by atoms with Crippen molar-refractivity contribution < 1.29 is 13.2 Å². The van der Waals surface area contributed by atoms with E-state index in [9.17, 15) is 13.2 Å². The Bertz CT molecular complexity index is 589. The molecule has 2 N–H and O–H groups in total. The summed E-state index contributed by atoms with van der Waals surface area (Å²) in [4.78, 5) is 13.2. The maximum absolute atomic E-state index is 12.0. The van der Waals surface area contributed by atoms with Crippen LogP contribution in [-0.2, 0) is 10.0 Å². The first-order chi connectivity index (χ1) is 8.18. The molecule has 1 aromatic rings. The highest BCUT2D eigenvalue weighted by Gasteiger charge is 2.20. The number of nitrogens with zero attached hydrogens (tertiary/aromatic N) is 1. The van der Waals surface area contributed by atoms with Crippen LogP contribution in [0.25, 0.3) is 0 Å². The molecule has 18 heavy (non-hydrogen) atoms. The van der Waals surface area contributed by atoms with Gasteiger partial charge in [-0.05, 0) is 35.0 Å². The molecule has 0 bridgehead atoms. The molecule has 0 radical (unpaired) electrons. The van der Waals surface area contributed by atoms with Crippen LogP contribution < -0.4 is 5.14 Å². The molecular weight excluding hydrogens is 344 g/mol. The van der Waals surface area contributed by atoms with E-state index in [1.165, 1.54) is 17.0 Å². The Kier molecular flexibility index (Phi) is 4.77. The highest BCUT2D eigenvalue weighted by molar-refractivity contribution is 9.10. The van der Waals surface area contributed by atoms with Gasteiger partial charge in [0.1, 0.15) is 0 Å². The molecule has 0 saturated carbocycles. The van der Waals surface area contributed by atoms with Gasteiger partial charge in [0.05, 0.1) is 15.5 Å². The minimum atomic E-state index is -3.91. The predicted molar refractivity (Wildman–Crippen MR) is 73.2 cm³/mol. The number of benzene rings is 1. The number of rotatable bonds is 3. The first-order valence-electron chi connectivity index (χ1n) is 4.95. The zero-order valence-corrected chi connectivity index (χ0v) is 12.9. The van der Waals surface area contributed by atoms with E-state index in [1.54, 1.807) is 14.0 Å². The molecule has 0 unspecified atom stereocenters. The Morgan fingerprint density at radius 1 is 1.50 bits per heavy atom. The van der Waals surface area contributed by atoms with Gasteiger partial charge >= 0.3 is 0 Å². The molecule has 100 valence electrons. The average Bonchev–Trinajstić information content (AvgIpc) is 2.25. The van der Waals surface area contributed by atoms with Gasteiger partial charge in [-0.25, -0.2) is 13.6 Å². The third-order valence-corrected chi connectivity index (χ3v) is 4.56. The van der Waals surface area contributed by atoms with Gasteiger partial charge < -0.3 is 4.90 Å². The van der Waals surface area contributed by atoms with Crippen LogP contribution in [0.2, 0.25) is 5.02 Å². The molecule has 0 heterocycles. The van der Waals surface area contributed by atoms with Crippen molar-refractivity contribution in [1.29, 1.82) is 0 Å². The van der Waals surface area contributed by atoms with E-state index in [2.05, 4.69) is 15.9 Å². The van der Waals surface area contributed by atoms with Crippen molar-refractivity contribution in [2.45, 2.75) is 11.8 Å². The number of nitrogens with two attached hydrogens (primary N) is 1. The topological polar surface area (TPSA) is 80.5 Å². The second kappa shape index (κ2) is 5.56. The summed E-state index contributed by atoms with van der Waals surface area (Å²) in [6, 6.07) is 2.52. The van der Waals surface area contributed by atoms with Crippen LogP contribution in [0.1, 0.15) is 17.3 Å². The minimum Gasteiger partial charge on any atom is -0.342 e. The summed E-state index contributed by atoms with van der Waals surface area (Å²) < 4.78 is 22.9. The maximum atomic E-state index is 12.0. The van der Waals surface area contributed by atoms with Crippen LogP contribution in [0.5, 0.6) is 0 Å². The van der Waals surface area contributed by atoms with Gasteiger partial charge in [-0.1, -0.05) is 11.6 Å². The van der Waals surface area contributed by atoms with Crippen molar-refractivity contribution in [3.63, 3.8) is 0 Å². The summed E-state index contributed by atoms with van der Waals surface area (Å²) in [5, 5.41) is 5.23. The smallest absolute Gasteiger partial charge is 0.255 e. The maximum Gasteiger partial charge on any atom is 0.255 e. The number of amides is 1. The van der Waals surface area contributed by atoms with E-state index in [4.69, 9.17) is 16.7 Å². The minimum absolute atomic E-state index is 0.105. The fourth-order valence-corrected chi connectivity index (χ4v) is 3.27. The van der Waals surface area contributed by atoms with Gasteiger partial charge in [0, 0.05) is 18.1 Å². The van der Waals surface area contributed by atoms with Crippen LogP contribution in [-0.4, -0.2) is 32.8 Å². The molecule has 0 fully saturated rings. The predicted octanol–water partition coefficient (Wildman–Crippen LogP) is 1.84. The van der Waals surface area contributed by atoms with Crippen molar-refractivity contribution in [2.24, 2.45) is 5.14 Å². The van der Waals surface area contributed by atoms with E-state index >= 15 is 0 Å². The summed E-state index contributed by atoms with van der Waals surface area (Å²) in [5.41, 5.74) is 0.105. The Morgan fingerprint density at radius 2 is 2.06 bits per heavy atom. The SMILES string of the molecule is CCN(C)C(=O)c1cc(S(N)(=O)=O)c(Br)cc1Cl. The average molecular weight is 356 g/mol. The lowest BCUT2D eigenvalue weighted by molar-refractivity contribution is 0.0802. The first-order valence-corrected chi connectivity index (χ1v) is 7.67. The van der Waals surface area contributed by atoms with Crippen molar-refractivity contribution in [3.8, 4) is 0 Å². The van der Waals surface area contributed by atoms with Gasteiger partial charge in [0.15, 0.2) is 0 Å². The molecule has 0 aliphatic carbocycles. The number of primary sulfonamides is 1. The largest absolute Gasteiger partial charge is 0.342 e. The molecule has 0 aliphatic heterocycles. The molecule has 0 spiro atoms. The number of carbonyl (C=O) groups is 1. The summed E-state index contributed by atoms with van der Waals surface area (Å²) in [7, 11) is -2.32. The monoisotopic (exact) mass is 354 g/mol. The van der Waals surface area contributed by atoms with Crippen LogP contribution in [0, 0.1) is 0 Å². The first kappa shape index (κ1) is 15.4. The number of hydrogen-bond acceptors (Lipinski definition) is 3. The summed E-state index contributed by atoms with van der Waals surface area (Å²) in [6.45, 7) is 2.28. The molecule has 0 atom stereocenters. The third kappa shape index (κ3) is 3.23. The van der Waals surface area contributed by atoms with Gasteiger partial charge in [0.2, 0.25) is 10.0 Å². The van der Waals surface area contributed by atoms with Crippen molar-refractivity contribution in [2.75, 3.05) is 13.6 Å². The normalized spacial score (nSPS) is 11.4. The van der Waals surface area contributed by atoms with Crippen molar-refractivity contribution in [3.05, 3.63) is 27.2 Å². The van der Waals surface area contributed by atoms with Crippen LogP contribution >= 0.6 is 27.5 Å². The lowest BCUT2D eigenvalue weighted by Gasteiger charge is -2.16. The van der Waals surface area contributed by atoms with Gasteiger partial charge in [-0.15, -0.1) is 0 Å². The van der Waals surface area contributed by atoms with E-state index in [0.29, 0.717) is 6.54 Å². The zero-order chi connectivity index (χ0) is 14.1. The number of sulfonamides is 1. The van der Waals surface area contributed by atoms with E-state index in [0.717, 1.165) is 0 Å². The molecule has 0 aliphatic rings. The molecule has 8 heteroatoms. The summed E-state index contributed by atoms with van der Waals surface area (Å²) in [6.07, 6.45) is 0. The number of halogens is 2. The number of hydrogen-bond donors (Lipinski definition) is 1. The van der Waals surface area contributed by atoms with Crippen LogP contribution in [0.4, 0.5) is 0 Å². The van der Waals surface area contributed by atoms with Crippen LogP contribution in [0.15, 0.2) is 21.5 Å². The molecule has 1 rings (SSSR count). The van der Waals surface area contributed by atoms with Crippen molar-refractivity contribution >= 4 is 43.5 Å². The van der Waals surface area contributed by atoms with Gasteiger partial charge in [-0.3, -0.25) is 4.79 Å². The molecule has 5 nitrogen and oxygen atoms in total. The molecule has 1 aromatic carbocycles. The summed E-state index contributed by atoms with van der Waals surface area (Å²) in [5.74, 6) is -0.361. The van der Waals surface area contributed by atoms with Crippen LogP contribution in [0.3, 0.4) is 0 Å². The second-order valence-corrected chi connectivity index (χ2v) is 6.42. The zero-order valence-electron chi connectivity index (χ0n) is 9.78. The number of carbonyl (C=O) groups excluding carboxylic acids is 1. The highest BCUT2D eigenvalue weighted by Crippen LogP contribution is 2.29. The molecule has 0 aromatic heterocycles. The lowest BCUT2D eigenvalue weighted by atomic mass is 10.2. The van der Waals surface area contributed by atoms with Gasteiger partial charge in [-0.2, -0.15) is 0 Å². The van der Waals surface area contributed by atoms with E-state index < -0.39 is 10.0 Å². The standard InChI is InChI=1S/C10H12BrClN2O3S/c1-3-14(2)10(15)6-4-9(18(13,16)17)7(11)5-8(6)12/h4-5H,3H2,1-2H3,(H2,13,16,17). The Morgan fingerprint density at radius 3 is 2.50 bits per heavy atom. The Balaban J connectivity index is 3.44. The fourth-order valence-electron chi connectivity index (χ4n) is 1.26. The lowest BCUT2D eigenvalue weighted by Crippen LogP contribution is -2.27. The van der Waals surface area contributed by atoms with Gasteiger partial charge in [0.25, 0.3) is 5.91 Å². The van der Waals surface area contributed by atoms with E-state index in [1.807, 2.05) is 0 Å². The fraction of sp³-hybridized carbons (Fsp3) is 0.300. The summed E-state index contributed by atoms with van der Waals surface area (Å²) >= 11 is 8.99. The second-order valence-electron chi connectivity index (χ2n) is 3.63. The van der Waals surface area contributed by atoms with E-state index in [-0.39, 0.29) is 25.9 Å². The molecule has 0 saturated heterocycles. The molecule has 1 amide bonds. The quantitative estimate of drug-likeness (QED) is 0.898. The molecular formula is C10H12BrClN2O3S. The third-order valence-electron chi connectivity index (χ3n) is 2.38. The highest BCUT2D eigenvalue weighted by atomic mass is 79.9.